The van der Waals surface area contributed by atoms with Gasteiger partial charge >= 0.3 is 0 Å². The second-order valence-corrected chi connectivity index (χ2v) is 5.09. The lowest BCUT2D eigenvalue weighted by molar-refractivity contribution is -0.169. The fraction of sp³-hybridized carbons (Fsp3) is 0.538. The van der Waals surface area contributed by atoms with Gasteiger partial charge in [0.25, 0.3) is 0 Å². The highest BCUT2D eigenvalue weighted by Gasteiger charge is 2.16. The molecule has 17 heavy (non-hydrogen) atoms. The van der Waals surface area contributed by atoms with Crippen molar-refractivity contribution >= 4 is 15.9 Å². The molecule has 94 valence electrons. The van der Waals surface area contributed by atoms with E-state index < -0.39 is 0 Å². The molecule has 0 aromatic heterocycles. The zero-order chi connectivity index (χ0) is 12.3. The van der Waals surface area contributed by atoms with Gasteiger partial charge in [0, 0.05) is 11.1 Å². The third kappa shape index (κ3) is 3.27. The quantitative estimate of drug-likeness (QED) is 0.842. The van der Waals surface area contributed by atoms with Gasteiger partial charge in [-0.1, -0.05) is 15.9 Å². The summed E-state index contributed by atoms with van der Waals surface area (Å²) in [6.07, 6.45) is 3.01. The number of rotatable bonds is 3. The highest BCUT2D eigenvalue weighted by molar-refractivity contribution is 9.10. The molecule has 1 unspecified atom stereocenters. The van der Waals surface area contributed by atoms with Crippen molar-refractivity contribution in [2.75, 3.05) is 6.61 Å². The Balaban J connectivity index is 2.00. The maximum atomic E-state index is 13.4. The monoisotopic (exact) mass is 302 g/mol. The average Bonchev–Trinajstić information content (AvgIpc) is 2.35. The van der Waals surface area contributed by atoms with Crippen LogP contribution in [0, 0.1) is 12.7 Å². The molecule has 0 N–H and O–H groups in total. The molecule has 0 spiro atoms. The van der Waals surface area contributed by atoms with Gasteiger partial charge in [-0.2, -0.15) is 0 Å². The third-order valence-corrected chi connectivity index (χ3v) is 3.77. The van der Waals surface area contributed by atoms with Crippen molar-refractivity contribution < 1.29 is 13.9 Å². The van der Waals surface area contributed by atoms with E-state index in [4.69, 9.17) is 9.47 Å². The standard InChI is InChI=1S/C13H16BrFO2/c1-9-10(11(14)5-6-12(9)15)8-17-13-4-2-3-7-16-13/h5-6,13H,2-4,7-8H2,1H3. The van der Waals surface area contributed by atoms with E-state index in [1.807, 2.05) is 0 Å². The predicted molar refractivity (Wildman–Crippen MR) is 67.2 cm³/mol. The summed E-state index contributed by atoms with van der Waals surface area (Å²) in [6, 6.07) is 3.17. The lowest BCUT2D eigenvalue weighted by Gasteiger charge is -2.23. The van der Waals surface area contributed by atoms with E-state index in [0.29, 0.717) is 12.2 Å². The van der Waals surface area contributed by atoms with Gasteiger partial charge in [-0.3, -0.25) is 0 Å². The Kier molecular flexibility index (Phi) is 4.54. The van der Waals surface area contributed by atoms with E-state index in [2.05, 4.69) is 15.9 Å². The zero-order valence-electron chi connectivity index (χ0n) is 9.84. The van der Waals surface area contributed by atoms with E-state index in [1.54, 1.807) is 13.0 Å². The van der Waals surface area contributed by atoms with Gasteiger partial charge in [-0.05, 0) is 49.4 Å². The van der Waals surface area contributed by atoms with E-state index >= 15 is 0 Å². The van der Waals surface area contributed by atoms with Crippen molar-refractivity contribution in [3.05, 3.63) is 33.5 Å². The van der Waals surface area contributed by atoms with Crippen LogP contribution < -0.4 is 0 Å². The molecule has 1 atom stereocenters. The highest BCUT2D eigenvalue weighted by atomic mass is 79.9. The average molecular weight is 303 g/mol. The summed E-state index contributed by atoms with van der Waals surface area (Å²) in [5.74, 6) is -0.198. The van der Waals surface area contributed by atoms with Crippen molar-refractivity contribution in [3.63, 3.8) is 0 Å². The summed E-state index contributed by atoms with van der Waals surface area (Å²) in [5, 5.41) is 0. The summed E-state index contributed by atoms with van der Waals surface area (Å²) in [4.78, 5) is 0. The molecule has 1 aliphatic rings. The lowest BCUT2D eigenvalue weighted by Crippen LogP contribution is -2.22. The van der Waals surface area contributed by atoms with Gasteiger partial charge in [0.05, 0.1) is 6.61 Å². The first-order valence-electron chi connectivity index (χ1n) is 5.85. The van der Waals surface area contributed by atoms with Crippen LogP contribution in [0.1, 0.15) is 30.4 Å². The van der Waals surface area contributed by atoms with Gasteiger partial charge in [0.1, 0.15) is 5.82 Å². The molecule has 1 aliphatic heterocycles. The largest absolute Gasteiger partial charge is 0.353 e. The van der Waals surface area contributed by atoms with Crippen LogP contribution in [0.15, 0.2) is 16.6 Å². The molecule has 1 aromatic carbocycles. The molecule has 0 radical (unpaired) electrons. The summed E-state index contributed by atoms with van der Waals surface area (Å²) < 4.78 is 25.4. The molecule has 1 fully saturated rings. The zero-order valence-corrected chi connectivity index (χ0v) is 11.4. The molecule has 0 aliphatic carbocycles. The summed E-state index contributed by atoms with van der Waals surface area (Å²) in [6.45, 7) is 2.91. The summed E-state index contributed by atoms with van der Waals surface area (Å²) in [7, 11) is 0. The summed E-state index contributed by atoms with van der Waals surface area (Å²) in [5.41, 5.74) is 1.49. The Morgan fingerprint density at radius 1 is 1.47 bits per heavy atom. The van der Waals surface area contributed by atoms with E-state index in [9.17, 15) is 4.39 Å². The lowest BCUT2D eigenvalue weighted by atomic mass is 10.1. The van der Waals surface area contributed by atoms with Crippen LogP contribution in [0.4, 0.5) is 4.39 Å². The molecule has 4 heteroatoms. The molecule has 1 aromatic rings. The number of hydrogen-bond donors (Lipinski definition) is 0. The van der Waals surface area contributed by atoms with Gasteiger partial charge in [-0.15, -0.1) is 0 Å². The van der Waals surface area contributed by atoms with Crippen LogP contribution in [0.2, 0.25) is 0 Å². The topological polar surface area (TPSA) is 18.5 Å². The smallest absolute Gasteiger partial charge is 0.158 e. The molecule has 0 saturated carbocycles. The first kappa shape index (κ1) is 13.0. The normalized spacial score (nSPS) is 20.5. The molecular weight excluding hydrogens is 287 g/mol. The highest BCUT2D eigenvalue weighted by Crippen LogP contribution is 2.25. The van der Waals surface area contributed by atoms with Crippen molar-refractivity contribution in [2.24, 2.45) is 0 Å². The number of hydrogen-bond acceptors (Lipinski definition) is 2. The Morgan fingerprint density at radius 3 is 3.00 bits per heavy atom. The summed E-state index contributed by atoms with van der Waals surface area (Å²) >= 11 is 3.42. The van der Waals surface area contributed by atoms with Crippen molar-refractivity contribution in [1.82, 2.24) is 0 Å². The van der Waals surface area contributed by atoms with Crippen LogP contribution >= 0.6 is 15.9 Å². The molecule has 2 nitrogen and oxygen atoms in total. The van der Waals surface area contributed by atoms with Crippen LogP contribution in [-0.4, -0.2) is 12.9 Å². The minimum Gasteiger partial charge on any atom is -0.353 e. The van der Waals surface area contributed by atoms with Crippen LogP contribution in [-0.2, 0) is 16.1 Å². The molecule has 1 saturated heterocycles. The van der Waals surface area contributed by atoms with Crippen molar-refractivity contribution in [3.8, 4) is 0 Å². The molecule has 2 rings (SSSR count). The minimum absolute atomic E-state index is 0.140. The van der Waals surface area contributed by atoms with E-state index in [1.165, 1.54) is 6.07 Å². The van der Waals surface area contributed by atoms with Crippen molar-refractivity contribution in [2.45, 2.75) is 39.1 Å². The van der Waals surface area contributed by atoms with Crippen LogP contribution in [0.3, 0.4) is 0 Å². The maximum Gasteiger partial charge on any atom is 0.158 e. The van der Waals surface area contributed by atoms with Gasteiger partial charge < -0.3 is 9.47 Å². The second-order valence-electron chi connectivity index (χ2n) is 4.24. The Hall–Kier alpha value is -0.450. The van der Waals surface area contributed by atoms with Gasteiger partial charge in [0.2, 0.25) is 0 Å². The fourth-order valence-corrected chi connectivity index (χ4v) is 2.44. The Bertz CT molecular complexity index is 389. The predicted octanol–water partition coefficient (Wildman–Crippen LogP) is 3.94. The Morgan fingerprint density at radius 2 is 2.29 bits per heavy atom. The first-order chi connectivity index (χ1) is 8.18. The van der Waals surface area contributed by atoms with Gasteiger partial charge in [0.15, 0.2) is 6.29 Å². The number of ether oxygens (including phenoxy) is 2. The SMILES string of the molecule is Cc1c(F)ccc(Br)c1COC1CCCCO1. The van der Waals surface area contributed by atoms with E-state index in [0.717, 1.165) is 35.9 Å². The third-order valence-electron chi connectivity index (χ3n) is 3.03. The molecular formula is C13H16BrFO2. The van der Waals surface area contributed by atoms with E-state index in [-0.39, 0.29) is 12.1 Å². The molecule has 1 heterocycles. The van der Waals surface area contributed by atoms with Gasteiger partial charge in [-0.25, -0.2) is 4.39 Å². The first-order valence-corrected chi connectivity index (χ1v) is 6.64. The fourth-order valence-electron chi connectivity index (χ4n) is 1.89. The van der Waals surface area contributed by atoms with Crippen LogP contribution in [0.5, 0.6) is 0 Å². The molecule has 0 amide bonds. The maximum absolute atomic E-state index is 13.4. The minimum atomic E-state index is -0.198. The van der Waals surface area contributed by atoms with Crippen molar-refractivity contribution in [1.29, 1.82) is 0 Å². The number of benzene rings is 1. The number of halogens is 2. The second kappa shape index (κ2) is 5.94. The Labute approximate surface area is 109 Å². The molecule has 0 bridgehead atoms. The van der Waals surface area contributed by atoms with Crippen LogP contribution in [0.25, 0.3) is 0 Å².